The fraction of sp³-hybridized carbons (Fsp3) is 0.889. The van der Waals surface area contributed by atoms with Gasteiger partial charge in [-0.15, -0.1) is 0 Å². The number of allylic oxidation sites excluding steroid dienone is 2. The highest BCUT2D eigenvalue weighted by Gasteiger charge is 2.36. The van der Waals surface area contributed by atoms with Crippen molar-refractivity contribution in [1.29, 1.82) is 0 Å². The summed E-state index contributed by atoms with van der Waals surface area (Å²) < 4.78 is 0. The third-order valence-electron chi connectivity index (χ3n) is 9.46. The van der Waals surface area contributed by atoms with Gasteiger partial charge in [0.05, 0.1) is 0 Å². The third kappa shape index (κ3) is 18.9. The SMILES string of the molecule is CCCCC/C=C/C1C(CCCCC)CCC(CCCCCCCCC(=O)O)C1CCCCCCCCC(=O)O. The second kappa shape index (κ2) is 25.4. The zero-order chi connectivity index (χ0) is 29.3. The molecule has 0 aromatic heterocycles. The van der Waals surface area contributed by atoms with Crippen LogP contribution in [0, 0.1) is 23.7 Å². The summed E-state index contributed by atoms with van der Waals surface area (Å²) in [6, 6.07) is 0. The zero-order valence-corrected chi connectivity index (χ0v) is 26.6. The first-order chi connectivity index (χ1) is 19.5. The Bertz CT molecular complexity index is 643. The van der Waals surface area contributed by atoms with Crippen molar-refractivity contribution < 1.29 is 19.8 Å². The van der Waals surface area contributed by atoms with Crippen LogP contribution in [0.25, 0.3) is 0 Å². The fourth-order valence-corrected chi connectivity index (χ4v) is 7.10. The summed E-state index contributed by atoms with van der Waals surface area (Å²) >= 11 is 0. The Morgan fingerprint density at radius 2 is 1.02 bits per heavy atom. The summed E-state index contributed by atoms with van der Waals surface area (Å²) in [6.45, 7) is 4.61. The maximum atomic E-state index is 10.8. The lowest BCUT2D eigenvalue weighted by Gasteiger charge is -2.43. The molecule has 4 nitrogen and oxygen atoms in total. The van der Waals surface area contributed by atoms with Gasteiger partial charge < -0.3 is 10.2 Å². The normalized spacial score (nSPS) is 21.2. The number of rotatable bonds is 27. The molecule has 1 saturated carbocycles. The van der Waals surface area contributed by atoms with Crippen molar-refractivity contribution in [2.75, 3.05) is 0 Å². The van der Waals surface area contributed by atoms with Crippen LogP contribution in [0.2, 0.25) is 0 Å². The molecule has 4 heteroatoms. The van der Waals surface area contributed by atoms with E-state index in [1.165, 1.54) is 128 Å². The van der Waals surface area contributed by atoms with E-state index in [1.54, 1.807) is 0 Å². The van der Waals surface area contributed by atoms with E-state index in [0.717, 1.165) is 49.4 Å². The molecule has 1 aliphatic rings. The molecule has 0 heterocycles. The molecule has 0 aromatic carbocycles. The van der Waals surface area contributed by atoms with Crippen molar-refractivity contribution in [2.24, 2.45) is 23.7 Å². The van der Waals surface area contributed by atoms with E-state index in [2.05, 4.69) is 26.0 Å². The average molecular weight is 563 g/mol. The van der Waals surface area contributed by atoms with Gasteiger partial charge in [-0.2, -0.15) is 0 Å². The minimum Gasteiger partial charge on any atom is -0.481 e. The average Bonchev–Trinajstić information content (AvgIpc) is 2.92. The van der Waals surface area contributed by atoms with E-state index >= 15 is 0 Å². The first-order valence-corrected chi connectivity index (χ1v) is 17.6. The number of unbranched alkanes of at least 4 members (excludes halogenated alkanes) is 15. The van der Waals surface area contributed by atoms with Crippen molar-refractivity contribution in [3.05, 3.63) is 12.2 Å². The number of carbonyl (C=O) groups is 2. The van der Waals surface area contributed by atoms with Crippen molar-refractivity contribution in [1.82, 2.24) is 0 Å². The molecule has 4 unspecified atom stereocenters. The van der Waals surface area contributed by atoms with Crippen LogP contribution in [0.15, 0.2) is 12.2 Å². The predicted molar refractivity (Wildman–Crippen MR) is 170 cm³/mol. The highest BCUT2D eigenvalue weighted by atomic mass is 16.4. The van der Waals surface area contributed by atoms with Gasteiger partial charge in [-0.3, -0.25) is 9.59 Å². The van der Waals surface area contributed by atoms with Crippen molar-refractivity contribution in [3.63, 3.8) is 0 Å². The Labute approximate surface area is 248 Å². The summed E-state index contributed by atoms with van der Waals surface area (Å²) in [5.74, 6) is 1.97. The fourth-order valence-electron chi connectivity index (χ4n) is 7.10. The lowest BCUT2D eigenvalue weighted by atomic mass is 9.62. The van der Waals surface area contributed by atoms with Gasteiger partial charge in [0.25, 0.3) is 0 Å². The lowest BCUT2D eigenvalue weighted by Crippen LogP contribution is -2.34. The Morgan fingerprint density at radius 3 is 1.60 bits per heavy atom. The molecule has 40 heavy (non-hydrogen) atoms. The van der Waals surface area contributed by atoms with Gasteiger partial charge in [0.2, 0.25) is 0 Å². The number of hydrogen-bond acceptors (Lipinski definition) is 2. The van der Waals surface area contributed by atoms with Crippen LogP contribution < -0.4 is 0 Å². The van der Waals surface area contributed by atoms with Crippen molar-refractivity contribution >= 4 is 11.9 Å². The molecule has 4 atom stereocenters. The minimum absolute atomic E-state index is 0.317. The van der Waals surface area contributed by atoms with E-state index < -0.39 is 11.9 Å². The first-order valence-electron chi connectivity index (χ1n) is 17.6. The van der Waals surface area contributed by atoms with Gasteiger partial charge in [-0.25, -0.2) is 0 Å². The smallest absolute Gasteiger partial charge is 0.303 e. The summed E-state index contributed by atoms with van der Waals surface area (Å²) in [6.07, 6.45) is 35.9. The Hall–Kier alpha value is -1.32. The number of carboxylic acids is 2. The van der Waals surface area contributed by atoms with Crippen LogP contribution in [0.5, 0.6) is 0 Å². The lowest BCUT2D eigenvalue weighted by molar-refractivity contribution is -0.138. The molecule has 0 saturated heterocycles. The highest BCUT2D eigenvalue weighted by molar-refractivity contribution is 5.66. The number of carboxylic acid groups (broad SMARTS) is 2. The van der Waals surface area contributed by atoms with E-state index in [1.807, 2.05) is 0 Å². The van der Waals surface area contributed by atoms with E-state index in [4.69, 9.17) is 10.2 Å². The second-order valence-electron chi connectivity index (χ2n) is 12.9. The molecule has 2 N–H and O–H groups in total. The molecule has 1 fully saturated rings. The van der Waals surface area contributed by atoms with Crippen LogP contribution >= 0.6 is 0 Å². The molecule has 0 aromatic rings. The summed E-state index contributed by atoms with van der Waals surface area (Å²) in [5, 5.41) is 17.7. The van der Waals surface area contributed by atoms with E-state index in [9.17, 15) is 9.59 Å². The maximum absolute atomic E-state index is 10.8. The van der Waals surface area contributed by atoms with Crippen LogP contribution in [-0.2, 0) is 9.59 Å². The Balaban J connectivity index is 2.69. The molecule has 0 radical (unpaired) electrons. The summed E-state index contributed by atoms with van der Waals surface area (Å²) in [5.41, 5.74) is 0. The Kier molecular flexibility index (Phi) is 23.3. The molecule has 0 spiro atoms. The summed E-state index contributed by atoms with van der Waals surface area (Å²) in [7, 11) is 0. The molecule has 0 amide bonds. The van der Waals surface area contributed by atoms with Gasteiger partial charge in [-0.1, -0.05) is 129 Å². The second-order valence-corrected chi connectivity index (χ2v) is 12.9. The van der Waals surface area contributed by atoms with Gasteiger partial charge in [-0.05, 0) is 75.0 Å². The van der Waals surface area contributed by atoms with Crippen molar-refractivity contribution in [2.45, 2.75) is 181 Å². The van der Waals surface area contributed by atoms with Crippen LogP contribution in [0.1, 0.15) is 181 Å². The van der Waals surface area contributed by atoms with E-state index in [-0.39, 0.29) is 0 Å². The van der Waals surface area contributed by atoms with Gasteiger partial charge >= 0.3 is 11.9 Å². The molecule has 0 aliphatic heterocycles. The molecule has 1 aliphatic carbocycles. The highest BCUT2D eigenvalue weighted by Crippen LogP contribution is 2.46. The van der Waals surface area contributed by atoms with Crippen LogP contribution in [0.4, 0.5) is 0 Å². The Morgan fingerprint density at radius 1 is 0.575 bits per heavy atom. The van der Waals surface area contributed by atoms with Gasteiger partial charge in [0, 0.05) is 12.8 Å². The molecule has 1 rings (SSSR count). The topological polar surface area (TPSA) is 74.6 Å². The molecular formula is C36H66O4. The van der Waals surface area contributed by atoms with Crippen LogP contribution in [-0.4, -0.2) is 22.2 Å². The van der Waals surface area contributed by atoms with Gasteiger partial charge in [0.1, 0.15) is 0 Å². The first kappa shape index (κ1) is 36.7. The summed E-state index contributed by atoms with van der Waals surface area (Å²) in [4.78, 5) is 21.5. The molecular weight excluding hydrogens is 496 g/mol. The van der Waals surface area contributed by atoms with E-state index in [0.29, 0.717) is 12.8 Å². The van der Waals surface area contributed by atoms with Gasteiger partial charge in [0.15, 0.2) is 0 Å². The number of hydrogen-bond donors (Lipinski definition) is 2. The quantitative estimate of drug-likeness (QED) is 0.0771. The standard InChI is InChI=1S/C36H66O4/c1-3-5-7-12-19-25-33-31(23-17-6-4-2)29-30-32(24-18-13-8-10-15-21-27-35(37)38)34(33)26-20-14-9-11-16-22-28-36(39)40/h19,25,31-34H,3-18,20-24,26-30H2,1-2H3,(H,37,38)(H,39,40)/b25-19+. The third-order valence-corrected chi connectivity index (χ3v) is 9.46. The maximum Gasteiger partial charge on any atom is 0.303 e. The van der Waals surface area contributed by atoms with Crippen molar-refractivity contribution in [3.8, 4) is 0 Å². The zero-order valence-electron chi connectivity index (χ0n) is 26.6. The van der Waals surface area contributed by atoms with Crippen LogP contribution in [0.3, 0.4) is 0 Å². The predicted octanol–water partition coefficient (Wildman–Crippen LogP) is 11.4. The molecule has 0 bridgehead atoms. The minimum atomic E-state index is -0.663. The molecule has 234 valence electrons. The number of aliphatic carboxylic acids is 2. The largest absolute Gasteiger partial charge is 0.481 e. The monoisotopic (exact) mass is 562 g/mol.